The Bertz CT molecular complexity index is 591. The van der Waals surface area contributed by atoms with Crippen LogP contribution in [0.3, 0.4) is 0 Å². The highest BCUT2D eigenvalue weighted by Gasteiger charge is 2.18. The number of ketones is 1. The normalized spacial score (nSPS) is 18.8. The molecule has 2 rings (SSSR count). The van der Waals surface area contributed by atoms with Crippen molar-refractivity contribution in [2.45, 2.75) is 31.1 Å². The van der Waals surface area contributed by atoms with E-state index in [1.165, 1.54) is 12.1 Å². The smallest absolute Gasteiger partial charge is 0.240 e. The summed E-state index contributed by atoms with van der Waals surface area (Å²) >= 11 is 0. The number of sulfonamides is 1. The second kappa shape index (κ2) is 7.15. The lowest BCUT2D eigenvalue weighted by atomic mass is 10.1. The topological polar surface area (TPSA) is 72.5 Å². The summed E-state index contributed by atoms with van der Waals surface area (Å²) in [6.07, 6.45) is 2.12. The Morgan fingerprint density at radius 3 is 2.90 bits per heavy atom. The van der Waals surface area contributed by atoms with E-state index >= 15 is 0 Å². The van der Waals surface area contributed by atoms with Gasteiger partial charge in [-0.1, -0.05) is 19.1 Å². The number of carbonyl (C=O) groups is 1. The molecule has 1 heterocycles. The van der Waals surface area contributed by atoms with Crippen LogP contribution in [0.5, 0.6) is 0 Å². The number of hydrogen-bond acceptors (Lipinski definition) is 4. The third-order valence-electron chi connectivity index (χ3n) is 3.66. The highest BCUT2D eigenvalue weighted by atomic mass is 32.2. The van der Waals surface area contributed by atoms with Gasteiger partial charge in [-0.25, -0.2) is 13.1 Å². The molecular formula is C15H21NO4S. The van der Waals surface area contributed by atoms with E-state index in [-0.39, 0.29) is 10.7 Å². The molecule has 0 spiro atoms. The summed E-state index contributed by atoms with van der Waals surface area (Å²) in [6, 6.07) is 6.18. The Kier molecular flexibility index (Phi) is 5.50. The van der Waals surface area contributed by atoms with Crippen LogP contribution in [0.4, 0.5) is 0 Å². The molecule has 1 atom stereocenters. The van der Waals surface area contributed by atoms with E-state index < -0.39 is 10.0 Å². The minimum Gasteiger partial charge on any atom is -0.381 e. The first-order valence-electron chi connectivity index (χ1n) is 7.23. The number of rotatable bonds is 7. The van der Waals surface area contributed by atoms with Crippen LogP contribution in [0.15, 0.2) is 29.2 Å². The Hall–Kier alpha value is -1.24. The quantitative estimate of drug-likeness (QED) is 0.782. The molecule has 0 aliphatic carbocycles. The predicted molar refractivity (Wildman–Crippen MR) is 79.8 cm³/mol. The highest BCUT2D eigenvalue weighted by Crippen LogP contribution is 2.17. The van der Waals surface area contributed by atoms with Gasteiger partial charge in [0.05, 0.1) is 4.90 Å². The van der Waals surface area contributed by atoms with Crippen molar-refractivity contribution in [3.05, 3.63) is 29.8 Å². The predicted octanol–water partition coefficient (Wildman–Crippen LogP) is 1.98. The molecule has 1 aliphatic rings. The Balaban J connectivity index is 1.99. The van der Waals surface area contributed by atoms with Crippen molar-refractivity contribution in [1.82, 2.24) is 4.72 Å². The van der Waals surface area contributed by atoms with E-state index in [2.05, 4.69) is 4.72 Å². The largest absolute Gasteiger partial charge is 0.381 e. The Morgan fingerprint density at radius 1 is 1.43 bits per heavy atom. The lowest BCUT2D eigenvalue weighted by Gasteiger charge is -2.10. The van der Waals surface area contributed by atoms with Crippen molar-refractivity contribution in [1.29, 1.82) is 0 Å². The molecule has 0 aromatic heterocycles. The average Bonchev–Trinajstić information content (AvgIpc) is 2.99. The van der Waals surface area contributed by atoms with E-state index in [1.54, 1.807) is 19.1 Å². The Labute approximate surface area is 125 Å². The van der Waals surface area contributed by atoms with Gasteiger partial charge in [-0.3, -0.25) is 4.79 Å². The molecular weight excluding hydrogens is 290 g/mol. The van der Waals surface area contributed by atoms with Crippen molar-refractivity contribution in [2.24, 2.45) is 5.92 Å². The zero-order valence-electron chi connectivity index (χ0n) is 12.2. The zero-order chi connectivity index (χ0) is 15.3. The van der Waals surface area contributed by atoms with Crippen LogP contribution in [-0.2, 0) is 14.8 Å². The lowest BCUT2D eigenvalue weighted by Crippen LogP contribution is -2.26. The van der Waals surface area contributed by atoms with Crippen LogP contribution in [0.2, 0.25) is 0 Å². The van der Waals surface area contributed by atoms with Gasteiger partial charge in [-0.15, -0.1) is 0 Å². The number of ether oxygens (including phenoxy) is 1. The van der Waals surface area contributed by atoms with Crippen molar-refractivity contribution in [3.63, 3.8) is 0 Å². The summed E-state index contributed by atoms with van der Waals surface area (Å²) in [5, 5.41) is 0. The van der Waals surface area contributed by atoms with Crippen molar-refractivity contribution < 1.29 is 17.9 Å². The Morgan fingerprint density at radius 2 is 2.24 bits per heavy atom. The van der Waals surface area contributed by atoms with Crippen molar-refractivity contribution in [3.8, 4) is 0 Å². The second-order valence-corrected chi connectivity index (χ2v) is 6.99. The highest BCUT2D eigenvalue weighted by molar-refractivity contribution is 7.89. The fourth-order valence-corrected chi connectivity index (χ4v) is 3.43. The van der Waals surface area contributed by atoms with Gasteiger partial charge in [0.15, 0.2) is 5.78 Å². The number of Topliss-reactive ketones (excluding diaryl/α,β-unsaturated/α-hetero) is 1. The molecule has 1 N–H and O–H groups in total. The number of benzene rings is 1. The van der Waals surface area contributed by atoms with E-state index in [0.29, 0.717) is 31.1 Å². The van der Waals surface area contributed by atoms with Crippen LogP contribution in [-0.4, -0.2) is 34.0 Å². The SMILES string of the molecule is CCC(=O)c1cccc(S(=O)(=O)NCCC2CCOC2)c1. The van der Waals surface area contributed by atoms with Crippen molar-refractivity contribution >= 4 is 15.8 Å². The van der Waals surface area contributed by atoms with E-state index in [0.717, 1.165) is 19.4 Å². The monoisotopic (exact) mass is 311 g/mol. The summed E-state index contributed by atoms with van der Waals surface area (Å²) < 4.78 is 32.3. The molecule has 5 nitrogen and oxygen atoms in total. The second-order valence-electron chi connectivity index (χ2n) is 5.22. The summed E-state index contributed by atoms with van der Waals surface area (Å²) in [5.41, 5.74) is 0.435. The van der Waals surface area contributed by atoms with Crippen molar-refractivity contribution in [2.75, 3.05) is 19.8 Å². The molecule has 0 radical (unpaired) electrons. The van der Waals surface area contributed by atoms with Crippen LogP contribution in [0.1, 0.15) is 36.5 Å². The summed E-state index contributed by atoms with van der Waals surface area (Å²) in [5.74, 6) is 0.371. The molecule has 0 saturated carbocycles. The van der Waals surface area contributed by atoms with Crippen LogP contribution in [0, 0.1) is 5.92 Å². The maximum Gasteiger partial charge on any atom is 0.240 e. The minimum atomic E-state index is -3.56. The molecule has 1 aromatic rings. The summed E-state index contributed by atoms with van der Waals surface area (Å²) in [7, 11) is -3.56. The maximum absolute atomic E-state index is 12.2. The molecule has 1 aromatic carbocycles. The fraction of sp³-hybridized carbons (Fsp3) is 0.533. The number of nitrogens with one attached hydrogen (secondary N) is 1. The molecule has 0 amide bonds. The molecule has 116 valence electrons. The third kappa shape index (κ3) is 4.36. The van der Waals surface area contributed by atoms with Gasteiger partial charge < -0.3 is 4.74 Å². The first-order valence-corrected chi connectivity index (χ1v) is 8.72. The standard InChI is InChI=1S/C15H21NO4S/c1-2-15(17)13-4-3-5-14(10-13)21(18,19)16-8-6-12-7-9-20-11-12/h3-5,10,12,16H,2,6-9,11H2,1H3. The van der Waals surface area contributed by atoms with Crippen LogP contribution >= 0.6 is 0 Å². The van der Waals surface area contributed by atoms with Gasteiger partial charge in [0.2, 0.25) is 10.0 Å². The average molecular weight is 311 g/mol. The van der Waals surface area contributed by atoms with E-state index in [4.69, 9.17) is 4.74 Å². The van der Waals surface area contributed by atoms with Gasteiger partial charge in [0.1, 0.15) is 0 Å². The lowest BCUT2D eigenvalue weighted by molar-refractivity contribution is 0.0988. The van der Waals surface area contributed by atoms with E-state index in [1.807, 2.05) is 0 Å². The van der Waals surface area contributed by atoms with Gasteiger partial charge in [-0.2, -0.15) is 0 Å². The molecule has 0 bridgehead atoms. The number of carbonyl (C=O) groups excluding carboxylic acids is 1. The fourth-order valence-electron chi connectivity index (χ4n) is 2.33. The van der Waals surface area contributed by atoms with Gasteiger partial charge >= 0.3 is 0 Å². The van der Waals surface area contributed by atoms with Crippen LogP contribution in [0.25, 0.3) is 0 Å². The van der Waals surface area contributed by atoms with Gasteiger partial charge in [0.25, 0.3) is 0 Å². The zero-order valence-corrected chi connectivity index (χ0v) is 13.0. The van der Waals surface area contributed by atoms with Crippen LogP contribution < -0.4 is 4.72 Å². The number of hydrogen-bond donors (Lipinski definition) is 1. The first-order chi connectivity index (χ1) is 10.0. The maximum atomic E-state index is 12.2. The molecule has 21 heavy (non-hydrogen) atoms. The summed E-state index contributed by atoms with van der Waals surface area (Å²) in [6.45, 7) is 3.62. The molecule has 6 heteroatoms. The van der Waals surface area contributed by atoms with Gasteiger partial charge in [-0.05, 0) is 30.9 Å². The van der Waals surface area contributed by atoms with Gasteiger partial charge in [0, 0.05) is 31.7 Å². The molecule has 1 saturated heterocycles. The first kappa shape index (κ1) is 16.1. The molecule has 1 unspecified atom stereocenters. The minimum absolute atomic E-state index is 0.0600. The molecule has 1 fully saturated rings. The third-order valence-corrected chi connectivity index (χ3v) is 5.11. The van der Waals surface area contributed by atoms with E-state index in [9.17, 15) is 13.2 Å². The molecule has 1 aliphatic heterocycles. The summed E-state index contributed by atoms with van der Waals surface area (Å²) in [4.78, 5) is 11.8.